The van der Waals surface area contributed by atoms with Gasteiger partial charge in [-0.15, -0.1) is 0 Å². The lowest BCUT2D eigenvalue weighted by Gasteiger charge is -2.36. The predicted octanol–water partition coefficient (Wildman–Crippen LogP) is 2.07. The second-order valence-corrected chi connectivity index (χ2v) is 7.58. The van der Waals surface area contributed by atoms with E-state index < -0.39 is 42.5 Å². The zero-order valence-corrected chi connectivity index (χ0v) is 17.2. The van der Waals surface area contributed by atoms with Gasteiger partial charge in [0.1, 0.15) is 17.8 Å². The lowest BCUT2D eigenvalue weighted by atomic mass is 9.73. The Morgan fingerprint density at radius 2 is 2.03 bits per heavy atom. The Morgan fingerprint density at radius 3 is 2.77 bits per heavy atom. The van der Waals surface area contributed by atoms with Gasteiger partial charge in [0, 0.05) is 0 Å². The van der Waals surface area contributed by atoms with E-state index in [1.54, 1.807) is 24.3 Å². The summed E-state index contributed by atoms with van der Waals surface area (Å²) in [5.74, 6) is -1.27. The fourth-order valence-corrected chi connectivity index (χ4v) is 4.00. The summed E-state index contributed by atoms with van der Waals surface area (Å²) in [5.41, 5.74) is -0.474. The van der Waals surface area contributed by atoms with Crippen molar-refractivity contribution in [2.75, 3.05) is 25.1 Å². The molecule has 0 unspecified atom stereocenters. The third kappa shape index (κ3) is 4.39. The normalized spacial score (nSPS) is 23.3. The first-order chi connectivity index (χ1) is 14.4. The quantitative estimate of drug-likeness (QED) is 0.519. The summed E-state index contributed by atoms with van der Waals surface area (Å²) in [6.07, 6.45) is 3.26. The number of esters is 1. The monoisotopic (exact) mass is 417 g/mol. The molecule has 0 radical (unpaired) electrons. The second kappa shape index (κ2) is 9.15. The molecule has 2 fully saturated rings. The molecule has 1 aromatic carbocycles. The molecule has 2 atom stereocenters. The highest BCUT2D eigenvalue weighted by Gasteiger charge is 2.55. The minimum Gasteiger partial charge on any atom is -0.492 e. The van der Waals surface area contributed by atoms with Crippen LogP contribution in [0, 0.1) is 5.92 Å². The van der Waals surface area contributed by atoms with Crippen LogP contribution < -0.4 is 15.4 Å². The van der Waals surface area contributed by atoms with Gasteiger partial charge in [-0.3, -0.25) is 19.3 Å². The van der Waals surface area contributed by atoms with E-state index >= 15 is 0 Å². The van der Waals surface area contributed by atoms with Crippen LogP contribution >= 0.6 is 0 Å². The van der Waals surface area contributed by atoms with Gasteiger partial charge in [0.05, 0.1) is 12.3 Å². The van der Waals surface area contributed by atoms with Gasteiger partial charge in [-0.2, -0.15) is 0 Å². The Kier molecular flexibility index (Phi) is 6.59. The second-order valence-electron chi connectivity index (χ2n) is 7.58. The van der Waals surface area contributed by atoms with Crippen LogP contribution in [-0.4, -0.2) is 54.0 Å². The number of anilines is 1. The first-order valence-corrected chi connectivity index (χ1v) is 10.2. The molecule has 3 rings (SSSR count). The zero-order chi connectivity index (χ0) is 21.7. The van der Waals surface area contributed by atoms with Crippen molar-refractivity contribution < 1.29 is 28.7 Å². The summed E-state index contributed by atoms with van der Waals surface area (Å²) in [4.78, 5) is 50.3. The van der Waals surface area contributed by atoms with Gasteiger partial charge in [0.25, 0.3) is 11.8 Å². The number of urea groups is 1. The summed E-state index contributed by atoms with van der Waals surface area (Å²) in [6, 6.07) is 6.30. The van der Waals surface area contributed by atoms with Gasteiger partial charge in [-0.05, 0) is 37.8 Å². The Bertz CT molecular complexity index is 842. The lowest BCUT2D eigenvalue weighted by molar-refractivity contribution is -0.150. The van der Waals surface area contributed by atoms with Crippen LogP contribution in [0.2, 0.25) is 0 Å². The molecule has 1 spiro atoms. The number of rotatable bonds is 7. The molecule has 1 aromatic rings. The maximum Gasteiger partial charge on any atom is 0.326 e. The van der Waals surface area contributed by atoms with Crippen LogP contribution in [0.25, 0.3) is 0 Å². The molecule has 1 aliphatic heterocycles. The van der Waals surface area contributed by atoms with E-state index in [1.807, 2.05) is 13.8 Å². The molecule has 1 saturated carbocycles. The van der Waals surface area contributed by atoms with Gasteiger partial charge in [0.2, 0.25) is 0 Å². The largest absolute Gasteiger partial charge is 0.492 e. The predicted molar refractivity (Wildman–Crippen MR) is 108 cm³/mol. The summed E-state index contributed by atoms with van der Waals surface area (Å²) in [6.45, 7) is 3.14. The van der Waals surface area contributed by atoms with Crippen molar-refractivity contribution in [2.24, 2.45) is 5.92 Å². The average molecular weight is 417 g/mol. The number of hydrogen-bond acceptors (Lipinski definition) is 6. The zero-order valence-electron chi connectivity index (χ0n) is 17.2. The smallest absolute Gasteiger partial charge is 0.326 e. The third-order valence-corrected chi connectivity index (χ3v) is 5.61. The van der Waals surface area contributed by atoms with Crippen molar-refractivity contribution in [1.82, 2.24) is 10.2 Å². The number of para-hydroxylation sites is 2. The van der Waals surface area contributed by atoms with E-state index in [2.05, 4.69) is 10.6 Å². The molecular weight excluding hydrogens is 390 g/mol. The fraction of sp³-hybridized carbons (Fsp3) is 0.524. The Morgan fingerprint density at radius 1 is 1.27 bits per heavy atom. The number of carbonyl (C=O) groups is 4. The minimum absolute atomic E-state index is 0.0000870. The molecule has 162 valence electrons. The van der Waals surface area contributed by atoms with Crippen molar-refractivity contribution in [3.63, 3.8) is 0 Å². The van der Waals surface area contributed by atoms with Crippen LogP contribution in [0.5, 0.6) is 5.75 Å². The van der Waals surface area contributed by atoms with Crippen LogP contribution in [-0.2, 0) is 19.1 Å². The van der Waals surface area contributed by atoms with Crippen molar-refractivity contribution in [3.05, 3.63) is 24.3 Å². The van der Waals surface area contributed by atoms with Gasteiger partial charge >= 0.3 is 12.0 Å². The maximum absolute atomic E-state index is 12.9. The number of carbonyl (C=O) groups excluding carboxylic acids is 4. The maximum atomic E-state index is 12.9. The lowest BCUT2D eigenvalue weighted by Crippen LogP contribution is -2.54. The fourth-order valence-electron chi connectivity index (χ4n) is 4.00. The number of ether oxygens (including phenoxy) is 2. The third-order valence-electron chi connectivity index (χ3n) is 5.61. The number of hydrogen-bond donors (Lipinski definition) is 2. The van der Waals surface area contributed by atoms with Crippen molar-refractivity contribution in [3.8, 4) is 5.75 Å². The van der Waals surface area contributed by atoms with E-state index in [9.17, 15) is 19.2 Å². The van der Waals surface area contributed by atoms with Gasteiger partial charge < -0.3 is 20.1 Å². The molecule has 1 heterocycles. The Labute approximate surface area is 175 Å². The average Bonchev–Trinajstić information content (AvgIpc) is 2.95. The molecule has 0 bridgehead atoms. The molecule has 1 aliphatic carbocycles. The molecule has 4 amide bonds. The number of nitrogens with one attached hydrogen (secondary N) is 2. The van der Waals surface area contributed by atoms with E-state index in [0.717, 1.165) is 24.2 Å². The van der Waals surface area contributed by atoms with E-state index in [-0.39, 0.29) is 5.92 Å². The molecule has 0 aromatic heterocycles. The molecule has 2 aliphatic rings. The Balaban J connectivity index is 1.53. The molecular formula is C21H27N3O6. The topological polar surface area (TPSA) is 114 Å². The Hall–Kier alpha value is -3.10. The molecule has 9 heteroatoms. The highest BCUT2D eigenvalue weighted by atomic mass is 16.5. The van der Waals surface area contributed by atoms with Crippen molar-refractivity contribution in [2.45, 2.75) is 45.1 Å². The van der Waals surface area contributed by atoms with Crippen LogP contribution in [0.15, 0.2) is 24.3 Å². The van der Waals surface area contributed by atoms with Gasteiger partial charge in [0.15, 0.2) is 6.61 Å². The van der Waals surface area contributed by atoms with Crippen LogP contribution in [0.1, 0.15) is 39.5 Å². The van der Waals surface area contributed by atoms with E-state index in [1.165, 1.54) is 0 Å². The summed E-state index contributed by atoms with van der Waals surface area (Å²) >= 11 is 0. The van der Waals surface area contributed by atoms with Crippen molar-refractivity contribution >= 4 is 29.5 Å². The minimum atomic E-state index is -0.935. The van der Waals surface area contributed by atoms with Gasteiger partial charge in [-0.1, -0.05) is 31.9 Å². The molecule has 30 heavy (non-hydrogen) atoms. The first kappa shape index (κ1) is 21.6. The van der Waals surface area contributed by atoms with Crippen molar-refractivity contribution in [1.29, 1.82) is 0 Å². The van der Waals surface area contributed by atoms with E-state index in [4.69, 9.17) is 9.47 Å². The number of nitrogens with zero attached hydrogens (tertiary/aromatic N) is 1. The number of imide groups is 1. The molecule has 1 saturated heterocycles. The highest BCUT2D eigenvalue weighted by molar-refractivity contribution is 6.09. The summed E-state index contributed by atoms with van der Waals surface area (Å²) in [7, 11) is 0. The molecule has 9 nitrogen and oxygen atoms in total. The first-order valence-electron chi connectivity index (χ1n) is 10.2. The number of benzene rings is 1. The summed E-state index contributed by atoms with van der Waals surface area (Å²) in [5, 5.41) is 5.39. The standard InChI is InChI=1S/C21H27N3O6/c1-3-29-16-10-5-4-9-15(16)22-17(25)13-30-18(26)12-24-19(27)21(23-20(24)28)11-7-6-8-14(21)2/h4-5,9-10,14H,3,6-8,11-13H2,1-2H3,(H,22,25)(H,23,28)/t14-,21+/m0/s1. The van der Waals surface area contributed by atoms with E-state index in [0.29, 0.717) is 24.5 Å². The highest BCUT2D eigenvalue weighted by Crippen LogP contribution is 2.38. The SMILES string of the molecule is CCOc1ccccc1NC(=O)COC(=O)CN1C(=O)N[C@@]2(CCCC[C@@H]2C)C1=O. The van der Waals surface area contributed by atoms with Crippen LogP contribution in [0.3, 0.4) is 0 Å². The van der Waals surface area contributed by atoms with Crippen LogP contribution in [0.4, 0.5) is 10.5 Å². The summed E-state index contributed by atoms with van der Waals surface area (Å²) < 4.78 is 10.4. The number of amides is 4. The molecule has 2 N–H and O–H groups in total. The van der Waals surface area contributed by atoms with Gasteiger partial charge in [-0.25, -0.2) is 4.79 Å².